The zero-order chi connectivity index (χ0) is 17.8. The predicted molar refractivity (Wildman–Crippen MR) is 96.7 cm³/mol. The van der Waals surface area contributed by atoms with Gasteiger partial charge in [0.1, 0.15) is 0 Å². The maximum absolute atomic E-state index is 12.7. The zero-order valence-corrected chi connectivity index (χ0v) is 14.5. The van der Waals surface area contributed by atoms with Gasteiger partial charge in [-0.1, -0.05) is 29.8 Å². The lowest BCUT2D eigenvalue weighted by atomic mass is 10.0. The van der Waals surface area contributed by atoms with Crippen molar-refractivity contribution in [2.75, 3.05) is 19.0 Å². The van der Waals surface area contributed by atoms with Gasteiger partial charge in [-0.15, -0.1) is 0 Å². The van der Waals surface area contributed by atoms with Crippen LogP contribution in [-0.4, -0.2) is 30.6 Å². The maximum Gasteiger partial charge on any atom is 0.337 e. The molecule has 2 amide bonds. The summed E-state index contributed by atoms with van der Waals surface area (Å²) >= 11 is 0. The quantitative estimate of drug-likeness (QED) is 0.855. The number of benzene rings is 2. The van der Waals surface area contributed by atoms with Crippen molar-refractivity contribution in [3.63, 3.8) is 0 Å². The fraction of sp³-hybridized carbons (Fsp3) is 0.300. The van der Waals surface area contributed by atoms with E-state index in [0.717, 1.165) is 19.4 Å². The predicted octanol–water partition coefficient (Wildman–Crippen LogP) is 4.15. The van der Waals surface area contributed by atoms with Crippen LogP contribution in [0.25, 0.3) is 0 Å². The number of hydrogen-bond acceptors (Lipinski definition) is 3. The first kappa shape index (κ1) is 17.0. The van der Waals surface area contributed by atoms with E-state index in [4.69, 9.17) is 0 Å². The Labute approximate surface area is 147 Å². The van der Waals surface area contributed by atoms with Gasteiger partial charge in [-0.3, -0.25) is 0 Å². The van der Waals surface area contributed by atoms with E-state index in [1.807, 2.05) is 11.0 Å². The average Bonchev–Trinajstić information content (AvgIpc) is 3.11. The van der Waals surface area contributed by atoms with Crippen LogP contribution < -0.4 is 5.32 Å². The molecule has 130 valence electrons. The van der Waals surface area contributed by atoms with E-state index < -0.39 is 5.97 Å². The fourth-order valence-electron chi connectivity index (χ4n) is 3.24. The molecule has 1 saturated heterocycles. The van der Waals surface area contributed by atoms with Gasteiger partial charge < -0.3 is 15.0 Å². The van der Waals surface area contributed by atoms with Gasteiger partial charge in [-0.25, -0.2) is 9.59 Å². The molecule has 2 aromatic carbocycles. The monoisotopic (exact) mass is 338 g/mol. The lowest BCUT2D eigenvalue weighted by molar-refractivity contribution is 0.0600. The molecule has 1 atom stereocenters. The molecule has 1 aliphatic heterocycles. The minimum atomic E-state index is -0.392. The highest BCUT2D eigenvalue weighted by atomic mass is 16.5. The molecule has 25 heavy (non-hydrogen) atoms. The lowest BCUT2D eigenvalue weighted by Gasteiger charge is -2.25. The Bertz CT molecular complexity index is 771. The Kier molecular flexibility index (Phi) is 5.03. The number of likely N-dealkylation sites (tertiary alicyclic amines) is 1. The van der Waals surface area contributed by atoms with E-state index in [-0.39, 0.29) is 12.1 Å². The second kappa shape index (κ2) is 7.38. The van der Waals surface area contributed by atoms with E-state index in [9.17, 15) is 9.59 Å². The number of carbonyl (C=O) groups is 2. The molecule has 0 saturated carbocycles. The molecule has 1 heterocycles. The number of rotatable bonds is 3. The number of carbonyl (C=O) groups excluding carboxylic acids is 2. The first-order chi connectivity index (χ1) is 12.1. The van der Waals surface area contributed by atoms with Crippen molar-refractivity contribution in [3.8, 4) is 0 Å². The number of hydrogen-bond donors (Lipinski definition) is 1. The SMILES string of the molecule is COC(=O)c1ccc(NC(=O)N2CCC[C@H]2c2cccc(C)c2)cc1. The van der Waals surface area contributed by atoms with Gasteiger partial charge in [-0.2, -0.15) is 0 Å². The molecule has 3 rings (SSSR count). The largest absolute Gasteiger partial charge is 0.465 e. The Morgan fingerprint density at radius 1 is 1.16 bits per heavy atom. The first-order valence-electron chi connectivity index (χ1n) is 8.41. The number of urea groups is 1. The van der Waals surface area contributed by atoms with Crippen LogP contribution in [0.3, 0.4) is 0 Å². The van der Waals surface area contributed by atoms with Gasteiger partial charge in [0.15, 0.2) is 0 Å². The van der Waals surface area contributed by atoms with E-state index in [1.54, 1.807) is 24.3 Å². The Morgan fingerprint density at radius 3 is 2.60 bits per heavy atom. The molecule has 0 bridgehead atoms. The summed E-state index contributed by atoms with van der Waals surface area (Å²) in [5.41, 5.74) is 3.49. The van der Waals surface area contributed by atoms with Crippen molar-refractivity contribution in [2.45, 2.75) is 25.8 Å². The van der Waals surface area contributed by atoms with Crippen LogP contribution in [0.4, 0.5) is 10.5 Å². The molecule has 0 unspecified atom stereocenters. The van der Waals surface area contributed by atoms with Crippen molar-refractivity contribution in [1.82, 2.24) is 4.90 Å². The van der Waals surface area contributed by atoms with Crippen LogP contribution in [0.15, 0.2) is 48.5 Å². The number of aryl methyl sites for hydroxylation is 1. The van der Waals surface area contributed by atoms with Gasteiger partial charge in [0.25, 0.3) is 0 Å². The summed E-state index contributed by atoms with van der Waals surface area (Å²) < 4.78 is 4.68. The molecule has 0 radical (unpaired) electrons. The highest BCUT2D eigenvalue weighted by Crippen LogP contribution is 2.32. The number of amides is 2. The normalized spacial score (nSPS) is 16.6. The van der Waals surface area contributed by atoms with Crippen molar-refractivity contribution in [3.05, 3.63) is 65.2 Å². The van der Waals surface area contributed by atoms with Gasteiger partial charge in [0.05, 0.1) is 18.7 Å². The first-order valence-corrected chi connectivity index (χ1v) is 8.41. The summed E-state index contributed by atoms with van der Waals surface area (Å²) in [7, 11) is 1.34. The highest BCUT2D eigenvalue weighted by Gasteiger charge is 2.30. The summed E-state index contributed by atoms with van der Waals surface area (Å²) in [5, 5.41) is 2.92. The number of esters is 1. The summed E-state index contributed by atoms with van der Waals surface area (Å²) in [4.78, 5) is 26.0. The molecule has 5 nitrogen and oxygen atoms in total. The van der Waals surface area contributed by atoms with Gasteiger partial charge >= 0.3 is 12.0 Å². The molecule has 0 spiro atoms. The van der Waals surface area contributed by atoms with Gasteiger partial charge in [0.2, 0.25) is 0 Å². The van der Waals surface area contributed by atoms with Crippen molar-refractivity contribution < 1.29 is 14.3 Å². The van der Waals surface area contributed by atoms with Crippen LogP contribution in [0.5, 0.6) is 0 Å². The number of ether oxygens (including phenoxy) is 1. The Balaban J connectivity index is 1.71. The third-order valence-electron chi connectivity index (χ3n) is 4.50. The number of methoxy groups -OCH3 is 1. The van der Waals surface area contributed by atoms with E-state index in [1.165, 1.54) is 18.2 Å². The summed E-state index contributed by atoms with van der Waals surface area (Å²) in [6, 6.07) is 15.0. The number of nitrogens with one attached hydrogen (secondary N) is 1. The van der Waals surface area contributed by atoms with Gasteiger partial charge in [0, 0.05) is 12.2 Å². The minimum absolute atomic E-state index is 0.106. The van der Waals surface area contributed by atoms with E-state index in [2.05, 4.69) is 35.2 Å². The van der Waals surface area contributed by atoms with Crippen LogP contribution in [0, 0.1) is 6.92 Å². The van der Waals surface area contributed by atoms with Crippen LogP contribution in [0.2, 0.25) is 0 Å². The summed E-state index contributed by atoms with van der Waals surface area (Å²) in [5.74, 6) is -0.392. The second-order valence-electron chi connectivity index (χ2n) is 6.26. The van der Waals surface area contributed by atoms with Crippen molar-refractivity contribution in [2.24, 2.45) is 0 Å². The molecule has 0 aromatic heterocycles. The highest BCUT2D eigenvalue weighted by molar-refractivity contribution is 5.92. The average molecular weight is 338 g/mol. The molecule has 0 aliphatic carbocycles. The minimum Gasteiger partial charge on any atom is -0.465 e. The fourth-order valence-corrected chi connectivity index (χ4v) is 3.24. The topological polar surface area (TPSA) is 58.6 Å². The smallest absolute Gasteiger partial charge is 0.337 e. The van der Waals surface area contributed by atoms with E-state index in [0.29, 0.717) is 11.3 Å². The van der Waals surface area contributed by atoms with Crippen LogP contribution >= 0.6 is 0 Å². The summed E-state index contributed by atoms with van der Waals surface area (Å²) in [6.07, 6.45) is 1.96. The molecule has 5 heteroatoms. The van der Waals surface area contributed by atoms with Crippen LogP contribution in [-0.2, 0) is 4.74 Å². The second-order valence-corrected chi connectivity index (χ2v) is 6.26. The van der Waals surface area contributed by atoms with Crippen LogP contribution in [0.1, 0.15) is 40.4 Å². The number of nitrogens with zero attached hydrogens (tertiary/aromatic N) is 1. The van der Waals surface area contributed by atoms with E-state index >= 15 is 0 Å². The molecular weight excluding hydrogens is 316 g/mol. The lowest BCUT2D eigenvalue weighted by Crippen LogP contribution is -2.34. The molecular formula is C20H22N2O3. The molecule has 1 aliphatic rings. The van der Waals surface area contributed by atoms with Gasteiger partial charge in [-0.05, 0) is 49.6 Å². The maximum atomic E-state index is 12.7. The third kappa shape index (κ3) is 3.82. The molecule has 1 N–H and O–H groups in total. The standard InChI is InChI=1S/C20H22N2O3/c1-14-5-3-6-16(13-14)18-7-4-12-22(18)20(24)21-17-10-8-15(9-11-17)19(23)25-2/h3,5-6,8-11,13,18H,4,7,12H2,1-2H3,(H,21,24)/t18-/m0/s1. The Hall–Kier alpha value is -2.82. The number of anilines is 1. The zero-order valence-electron chi connectivity index (χ0n) is 14.5. The summed E-state index contributed by atoms with van der Waals surface area (Å²) in [6.45, 7) is 2.80. The van der Waals surface area contributed by atoms with Crippen molar-refractivity contribution >= 4 is 17.7 Å². The Morgan fingerprint density at radius 2 is 1.92 bits per heavy atom. The third-order valence-corrected chi connectivity index (χ3v) is 4.50. The molecule has 1 fully saturated rings. The molecule has 2 aromatic rings. The van der Waals surface area contributed by atoms with Crippen molar-refractivity contribution in [1.29, 1.82) is 0 Å².